The lowest BCUT2D eigenvalue weighted by Gasteiger charge is -2.00. The van der Waals surface area contributed by atoms with Gasteiger partial charge in [-0.05, 0) is 36.7 Å². The second-order valence-corrected chi connectivity index (χ2v) is 4.76. The first-order valence-corrected chi connectivity index (χ1v) is 6.50. The maximum atomic E-state index is 11.5. The molecule has 0 aliphatic carbocycles. The standard InChI is InChI=1S/C16H24N2O2/c1-17(2)13-7-5-9-15(19)11-12-16(20)10-6-8-14-18(3)4/h5-10,13-14H,11-12H2,1-4H3/b9-5+,10-6+,13-7+,14-8+. The van der Waals surface area contributed by atoms with Gasteiger partial charge in [0.1, 0.15) is 0 Å². The van der Waals surface area contributed by atoms with Crippen molar-refractivity contribution in [1.29, 1.82) is 0 Å². The van der Waals surface area contributed by atoms with Crippen LogP contribution in [0.4, 0.5) is 0 Å². The Morgan fingerprint density at radius 3 is 1.35 bits per heavy atom. The Balaban J connectivity index is 3.98. The fraction of sp³-hybridized carbons (Fsp3) is 0.375. The van der Waals surface area contributed by atoms with E-state index in [2.05, 4.69) is 0 Å². The van der Waals surface area contributed by atoms with Crippen LogP contribution < -0.4 is 0 Å². The molecule has 0 rings (SSSR count). The van der Waals surface area contributed by atoms with Gasteiger partial charge in [0.15, 0.2) is 11.6 Å². The van der Waals surface area contributed by atoms with E-state index in [-0.39, 0.29) is 24.4 Å². The second kappa shape index (κ2) is 10.8. The van der Waals surface area contributed by atoms with Crippen LogP contribution in [0.15, 0.2) is 48.9 Å². The van der Waals surface area contributed by atoms with Crippen LogP contribution in [0.3, 0.4) is 0 Å². The van der Waals surface area contributed by atoms with Gasteiger partial charge in [-0.15, -0.1) is 0 Å². The molecule has 0 aromatic carbocycles. The van der Waals surface area contributed by atoms with E-state index in [1.165, 1.54) is 12.2 Å². The number of hydrogen-bond donors (Lipinski definition) is 0. The van der Waals surface area contributed by atoms with Crippen molar-refractivity contribution in [2.75, 3.05) is 28.2 Å². The zero-order chi connectivity index (χ0) is 15.4. The van der Waals surface area contributed by atoms with Gasteiger partial charge in [-0.25, -0.2) is 0 Å². The summed E-state index contributed by atoms with van der Waals surface area (Å²) in [6, 6.07) is 0. The maximum absolute atomic E-state index is 11.5. The van der Waals surface area contributed by atoms with Crippen LogP contribution in [-0.4, -0.2) is 49.6 Å². The minimum Gasteiger partial charge on any atom is -0.383 e. The highest BCUT2D eigenvalue weighted by molar-refractivity contribution is 5.96. The van der Waals surface area contributed by atoms with Gasteiger partial charge in [0.2, 0.25) is 0 Å². The van der Waals surface area contributed by atoms with E-state index in [9.17, 15) is 9.59 Å². The van der Waals surface area contributed by atoms with Gasteiger partial charge >= 0.3 is 0 Å². The Kier molecular flexibility index (Phi) is 9.66. The smallest absolute Gasteiger partial charge is 0.156 e. The lowest BCUT2D eigenvalue weighted by Crippen LogP contribution is -2.00. The molecule has 0 fully saturated rings. The van der Waals surface area contributed by atoms with Gasteiger partial charge in [0, 0.05) is 41.0 Å². The monoisotopic (exact) mass is 276 g/mol. The average molecular weight is 276 g/mol. The number of nitrogens with zero attached hydrogens (tertiary/aromatic N) is 2. The van der Waals surface area contributed by atoms with Crippen molar-refractivity contribution >= 4 is 11.6 Å². The SMILES string of the molecule is CN(C)/C=C/C=C/C(=O)CCC(=O)/C=C/C=C/N(C)C. The molecule has 20 heavy (non-hydrogen) atoms. The molecule has 0 amide bonds. The summed E-state index contributed by atoms with van der Waals surface area (Å²) < 4.78 is 0. The fourth-order valence-electron chi connectivity index (χ4n) is 1.18. The van der Waals surface area contributed by atoms with Crippen LogP contribution in [0.5, 0.6) is 0 Å². The maximum Gasteiger partial charge on any atom is 0.156 e. The quantitative estimate of drug-likeness (QED) is 0.478. The van der Waals surface area contributed by atoms with Crippen molar-refractivity contribution in [3.63, 3.8) is 0 Å². The topological polar surface area (TPSA) is 40.6 Å². The lowest BCUT2D eigenvalue weighted by atomic mass is 10.1. The van der Waals surface area contributed by atoms with Crippen LogP contribution >= 0.6 is 0 Å². The van der Waals surface area contributed by atoms with Crippen LogP contribution in [0, 0.1) is 0 Å². The molecule has 0 atom stereocenters. The highest BCUT2D eigenvalue weighted by Crippen LogP contribution is 1.96. The third-order valence-electron chi connectivity index (χ3n) is 2.17. The molecule has 0 saturated heterocycles. The minimum atomic E-state index is -0.0426. The highest BCUT2D eigenvalue weighted by Gasteiger charge is 2.00. The van der Waals surface area contributed by atoms with Gasteiger partial charge in [-0.3, -0.25) is 9.59 Å². The molecular weight excluding hydrogens is 252 g/mol. The molecule has 0 aliphatic heterocycles. The Bertz CT molecular complexity index is 376. The molecule has 0 aromatic heterocycles. The number of carbonyl (C=O) groups excluding carboxylic acids is 2. The highest BCUT2D eigenvalue weighted by atomic mass is 16.1. The molecule has 110 valence electrons. The van der Waals surface area contributed by atoms with Crippen LogP contribution in [0.1, 0.15) is 12.8 Å². The van der Waals surface area contributed by atoms with E-state index < -0.39 is 0 Å². The molecule has 0 saturated carbocycles. The molecule has 0 heterocycles. The minimum absolute atomic E-state index is 0.0426. The number of ketones is 2. The third kappa shape index (κ3) is 12.4. The van der Waals surface area contributed by atoms with Crippen molar-refractivity contribution in [2.45, 2.75) is 12.8 Å². The van der Waals surface area contributed by atoms with E-state index >= 15 is 0 Å². The molecule has 0 aromatic rings. The van der Waals surface area contributed by atoms with E-state index in [4.69, 9.17) is 0 Å². The summed E-state index contributed by atoms with van der Waals surface area (Å²) in [5.41, 5.74) is 0. The fourth-order valence-corrected chi connectivity index (χ4v) is 1.18. The van der Waals surface area contributed by atoms with Gasteiger partial charge < -0.3 is 9.80 Å². The summed E-state index contributed by atoms with van der Waals surface area (Å²) in [7, 11) is 7.62. The van der Waals surface area contributed by atoms with Crippen molar-refractivity contribution in [1.82, 2.24) is 9.80 Å². The summed E-state index contributed by atoms with van der Waals surface area (Å²) >= 11 is 0. The number of carbonyl (C=O) groups is 2. The van der Waals surface area contributed by atoms with E-state index in [1.807, 2.05) is 50.4 Å². The first-order chi connectivity index (χ1) is 9.41. The summed E-state index contributed by atoms with van der Waals surface area (Å²) in [4.78, 5) is 26.7. The van der Waals surface area contributed by atoms with E-state index in [0.29, 0.717) is 0 Å². The molecule has 0 bridgehead atoms. The number of rotatable bonds is 9. The number of allylic oxidation sites excluding steroid dienone is 6. The van der Waals surface area contributed by atoms with Gasteiger partial charge in [0.05, 0.1) is 0 Å². The summed E-state index contributed by atoms with van der Waals surface area (Å²) in [6.07, 6.45) is 14.1. The van der Waals surface area contributed by atoms with Crippen molar-refractivity contribution in [3.8, 4) is 0 Å². The molecule has 0 N–H and O–H groups in total. The van der Waals surface area contributed by atoms with Gasteiger partial charge in [0.25, 0.3) is 0 Å². The first-order valence-electron chi connectivity index (χ1n) is 6.50. The first kappa shape index (κ1) is 17.9. The van der Waals surface area contributed by atoms with Gasteiger partial charge in [-0.2, -0.15) is 0 Å². The zero-order valence-corrected chi connectivity index (χ0v) is 12.7. The normalized spacial score (nSPS) is 12.0. The van der Waals surface area contributed by atoms with Crippen molar-refractivity contribution in [2.24, 2.45) is 0 Å². The molecule has 0 aliphatic rings. The summed E-state index contributed by atoms with van der Waals surface area (Å²) in [5, 5.41) is 0. The number of hydrogen-bond acceptors (Lipinski definition) is 4. The Morgan fingerprint density at radius 1 is 0.700 bits per heavy atom. The Morgan fingerprint density at radius 2 is 1.05 bits per heavy atom. The third-order valence-corrected chi connectivity index (χ3v) is 2.17. The van der Waals surface area contributed by atoms with E-state index in [1.54, 1.807) is 24.3 Å². The van der Waals surface area contributed by atoms with Crippen molar-refractivity contribution in [3.05, 3.63) is 48.9 Å². The summed E-state index contributed by atoms with van der Waals surface area (Å²) in [5.74, 6) is -0.0852. The van der Waals surface area contributed by atoms with Crippen molar-refractivity contribution < 1.29 is 9.59 Å². The Labute approximate surface area is 121 Å². The van der Waals surface area contributed by atoms with Crippen LogP contribution in [-0.2, 0) is 9.59 Å². The predicted octanol–water partition coefficient (Wildman–Crippen LogP) is 2.17. The largest absolute Gasteiger partial charge is 0.383 e. The molecule has 4 nitrogen and oxygen atoms in total. The molecule has 0 unspecified atom stereocenters. The molecule has 4 heteroatoms. The Hall–Kier alpha value is -2.10. The predicted molar refractivity (Wildman–Crippen MR) is 83.2 cm³/mol. The second-order valence-electron chi connectivity index (χ2n) is 4.76. The lowest BCUT2D eigenvalue weighted by molar-refractivity contribution is -0.119. The average Bonchev–Trinajstić information content (AvgIpc) is 2.37. The molecule has 0 spiro atoms. The van der Waals surface area contributed by atoms with Crippen LogP contribution in [0.25, 0.3) is 0 Å². The van der Waals surface area contributed by atoms with E-state index in [0.717, 1.165) is 0 Å². The molecular formula is C16H24N2O2. The molecule has 0 radical (unpaired) electrons. The summed E-state index contributed by atoms with van der Waals surface area (Å²) in [6.45, 7) is 0. The zero-order valence-electron chi connectivity index (χ0n) is 12.7. The van der Waals surface area contributed by atoms with Crippen LogP contribution in [0.2, 0.25) is 0 Å². The van der Waals surface area contributed by atoms with Gasteiger partial charge in [-0.1, -0.05) is 12.2 Å².